The van der Waals surface area contributed by atoms with E-state index in [2.05, 4.69) is 9.97 Å². The second-order valence-corrected chi connectivity index (χ2v) is 4.65. The molecule has 112 valence electrons. The standard InChI is InChI=1S/C15H17ClN2O3/c1-19-7-8-21-13-6-4-3-5-11(13)12-9-14(16)18-15(17-12)10-20-2/h3-6,9H,7-8,10H2,1-2H3. The average Bonchev–Trinajstić information content (AvgIpc) is 2.48. The van der Waals surface area contributed by atoms with E-state index in [1.807, 2.05) is 24.3 Å². The molecule has 0 saturated heterocycles. The monoisotopic (exact) mass is 308 g/mol. The number of aromatic nitrogens is 2. The van der Waals surface area contributed by atoms with E-state index in [-0.39, 0.29) is 0 Å². The third-order valence-corrected chi connectivity index (χ3v) is 2.92. The Morgan fingerprint density at radius 1 is 1.05 bits per heavy atom. The van der Waals surface area contributed by atoms with Gasteiger partial charge in [-0.1, -0.05) is 23.7 Å². The van der Waals surface area contributed by atoms with Gasteiger partial charge in [0.2, 0.25) is 0 Å². The lowest BCUT2D eigenvalue weighted by molar-refractivity contribution is 0.146. The summed E-state index contributed by atoms with van der Waals surface area (Å²) >= 11 is 6.05. The molecule has 0 spiro atoms. The molecule has 1 heterocycles. The zero-order chi connectivity index (χ0) is 15.1. The number of halogens is 1. The van der Waals surface area contributed by atoms with Gasteiger partial charge >= 0.3 is 0 Å². The van der Waals surface area contributed by atoms with Gasteiger partial charge in [-0.3, -0.25) is 0 Å². The number of hydrogen-bond donors (Lipinski definition) is 0. The molecule has 5 nitrogen and oxygen atoms in total. The number of nitrogens with zero attached hydrogens (tertiary/aromatic N) is 2. The van der Waals surface area contributed by atoms with Gasteiger partial charge in [-0.2, -0.15) is 0 Å². The van der Waals surface area contributed by atoms with Crippen LogP contribution in [-0.4, -0.2) is 37.4 Å². The Morgan fingerprint density at radius 2 is 1.86 bits per heavy atom. The minimum absolute atomic E-state index is 0.306. The number of rotatable bonds is 7. The highest BCUT2D eigenvalue weighted by Gasteiger charge is 2.10. The van der Waals surface area contributed by atoms with Crippen LogP contribution in [0, 0.1) is 0 Å². The number of para-hydroxylation sites is 1. The van der Waals surface area contributed by atoms with E-state index in [1.165, 1.54) is 0 Å². The van der Waals surface area contributed by atoms with E-state index in [9.17, 15) is 0 Å². The zero-order valence-electron chi connectivity index (χ0n) is 12.0. The third kappa shape index (κ3) is 4.39. The lowest BCUT2D eigenvalue weighted by Gasteiger charge is -2.11. The number of methoxy groups -OCH3 is 2. The van der Waals surface area contributed by atoms with Crippen molar-refractivity contribution in [2.75, 3.05) is 27.4 Å². The molecule has 0 amide bonds. The predicted molar refractivity (Wildman–Crippen MR) is 80.6 cm³/mol. The summed E-state index contributed by atoms with van der Waals surface area (Å²) in [5.74, 6) is 1.26. The molecule has 2 rings (SSSR count). The van der Waals surface area contributed by atoms with Gasteiger partial charge in [0, 0.05) is 25.8 Å². The van der Waals surface area contributed by atoms with Crippen LogP contribution in [0.2, 0.25) is 5.15 Å². The molecule has 1 aromatic carbocycles. The smallest absolute Gasteiger partial charge is 0.156 e. The fourth-order valence-electron chi connectivity index (χ4n) is 1.84. The van der Waals surface area contributed by atoms with Crippen LogP contribution in [0.25, 0.3) is 11.3 Å². The summed E-state index contributed by atoms with van der Waals surface area (Å²) < 4.78 is 15.8. The van der Waals surface area contributed by atoms with Gasteiger partial charge in [0.25, 0.3) is 0 Å². The van der Waals surface area contributed by atoms with E-state index >= 15 is 0 Å². The molecule has 0 unspecified atom stereocenters. The first-order valence-electron chi connectivity index (χ1n) is 6.48. The quantitative estimate of drug-likeness (QED) is 0.581. The first-order chi connectivity index (χ1) is 10.2. The van der Waals surface area contributed by atoms with Gasteiger partial charge < -0.3 is 14.2 Å². The number of hydrogen-bond acceptors (Lipinski definition) is 5. The molecule has 21 heavy (non-hydrogen) atoms. The first-order valence-corrected chi connectivity index (χ1v) is 6.86. The maximum atomic E-state index is 6.05. The van der Waals surface area contributed by atoms with Crippen LogP contribution in [0.1, 0.15) is 5.82 Å². The Bertz CT molecular complexity index is 593. The van der Waals surface area contributed by atoms with E-state index in [1.54, 1.807) is 20.3 Å². The van der Waals surface area contributed by atoms with Crippen LogP contribution < -0.4 is 4.74 Å². The van der Waals surface area contributed by atoms with Crippen molar-refractivity contribution in [2.24, 2.45) is 0 Å². The maximum Gasteiger partial charge on any atom is 0.156 e. The second kappa shape index (κ2) is 7.93. The summed E-state index contributed by atoms with van der Waals surface area (Å²) in [6.07, 6.45) is 0. The summed E-state index contributed by atoms with van der Waals surface area (Å²) in [7, 11) is 3.22. The largest absolute Gasteiger partial charge is 0.490 e. The Labute approximate surface area is 128 Å². The van der Waals surface area contributed by atoms with Crippen LogP contribution >= 0.6 is 11.6 Å². The Kier molecular flexibility index (Phi) is 5.92. The molecular weight excluding hydrogens is 292 g/mol. The van der Waals surface area contributed by atoms with Crippen LogP contribution in [0.3, 0.4) is 0 Å². The molecule has 6 heteroatoms. The van der Waals surface area contributed by atoms with Gasteiger partial charge in [0.15, 0.2) is 5.82 Å². The highest BCUT2D eigenvalue weighted by Crippen LogP contribution is 2.29. The minimum atomic E-state index is 0.306. The van der Waals surface area contributed by atoms with Crippen molar-refractivity contribution in [1.82, 2.24) is 9.97 Å². The highest BCUT2D eigenvalue weighted by atomic mass is 35.5. The molecule has 0 aliphatic heterocycles. The third-order valence-electron chi connectivity index (χ3n) is 2.72. The van der Waals surface area contributed by atoms with E-state index in [0.717, 1.165) is 11.3 Å². The first kappa shape index (κ1) is 15.7. The number of benzene rings is 1. The molecule has 0 aliphatic rings. The Hall–Kier alpha value is -1.69. The van der Waals surface area contributed by atoms with E-state index in [4.69, 9.17) is 25.8 Å². The average molecular weight is 309 g/mol. The lowest BCUT2D eigenvalue weighted by atomic mass is 10.1. The van der Waals surface area contributed by atoms with Crippen molar-refractivity contribution < 1.29 is 14.2 Å². The maximum absolute atomic E-state index is 6.05. The van der Waals surface area contributed by atoms with Crippen molar-refractivity contribution in [2.45, 2.75) is 6.61 Å². The van der Waals surface area contributed by atoms with Crippen molar-refractivity contribution in [1.29, 1.82) is 0 Å². The van der Waals surface area contributed by atoms with Gasteiger partial charge in [-0.15, -0.1) is 0 Å². The van der Waals surface area contributed by atoms with Gasteiger partial charge in [0.1, 0.15) is 24.1 Å². The summed E-state index contributed by atoms with van der Waals surface area (Å²) in [4.78, 5) is 8.57. The van der Waals surface area contributed by atoms with Crippen molar-refractivity contribution in [3.63, 3.8) is 0 Å². The van der Waals surface area contributed by atoms with Crippen LogP contribution in [0.4, 0.5) is 0 Å². The number of ether oxygens (including phenoxy) is 3. The molecular formula is C15H17ClN2O3. The van der Waals surface area contributed by atoms with Crippen molar-refractivity contribution in [3.8, 4) is 17.0 Å². The van der Waals surface area contributed by atoms with Gasteiger partial charge in [-0.25, -0.2) is 9.97 Å². The molecule has 0 radical (unpaired) electrons. The van der Waals surface area contributed by atoms with E-state index < -0.39 is 0 Å². The van der Waals surface area contributed by atoms with Crippen LogP contribution in [0.15, 0.2) is 30.3 Å². The second-order valence-electron chi connectivity index (χ2n) is 4.26. The molecule has 0 aliphatic carbocycles. The fraction of sp³-hybridized carbons (Fsp3) is 0.333. The summed E-state index contributed by atoms with van der Waals surface area (Å²) in [5, 5.41) is 0.374. The summed E-state index contributed by atoms with van der Waals surface area (Å²) in [6.45, 7) is 1.30. The molecule has 0 bridgehead atoms. The normalized spacial score (nSPS) is 10.6. The minimum Gasteiger partial charge on any atom is -0.490 e. The topological polar surface area (TPSA) is 53.5 Å². The summed E-state index contributed by atoms with van der Waals surface area (Å²) in [6, 6.07) is 9.35. The zero-order valence-corrected chi connectivity index (χ0v) is 12.8. The molecule has 0 atom stereocenters. The Balaban J connectivity index is 2.32. The van der Waals surface area contributed by atoms with Gasteiger partial charge in [0.05, 0.1) is 12.3 Å². The molecule has 2 aromatic rings. The van der Waals surface area contributed by atoms with E-state index in [0.29, 0.717) is 36.5 Å². The SMILES string of the molecule is COCCOc1ccccc1-c1cc(Cl)nc(COC)n1. The predicted octanol–water partition coefficient (Wildman–Crippen LogP) is 2.97. The molecule has 0 fully saturated rings. The lowest BCUT2D eigenvalue weighted by Crippen LogP contribution is -2.05. The van der Waals surface area contributed by atoms with Gasteiger partial charge in [-0.05, 0) is 12.1 Å². The van der Waals surface area contributed by atoms with Crippen LogP contribution in [-0.2, 0) is 16.1 Å². The highest BCUT2D eigenvalue weighted by molar-refractivity contribution is 6.29. The molecule has 0 N–H and O–H groups in total. The van der Waals surface area contributed by atoms with Crippen LogP contribution in [0.5, 0.6) is 5.75 Å². The molecule has 1 aromatic heterocycles. The van der Waals surface area contributed by atoms with Crippen molar-refractivity contribution >= 4 is 11.6 Å². The summed E-state index contributed by atoms with van der Waals surface area (Å²) in [5.41, 5.74) is 1.56. The fourth-order valence-corrected chi connectivity index (χ4v) is 2.04. The molecule has 0 saturated carbocycles. The van der Waals surface area contributed by atoms with Crippen molar-refractivity contribution in [3.05, 3.63) is 41.3 Å². The Morgan fingerprint density at radius 3 is 2.62 bits per heavy atom.